The van der Waals surface area contributed by atoms with Crippen LogP contribution in [0.4, 0.5) is 0 Å². The average molecular weight is 161 g/mol. The second-order valence-corrected chi connectivity index (χ2v) is 1.95. The molecule has 0 heterocycles. The maximum atomic E-state index is 10.7. The van der Waals surface area contributed by atoms with E-state index in [1.165, 1.54) is 0 Å². The second-order valence-electron chi connectivity index (χ2n) is 1.95. The number of hydrogen-bond acceptors (Lipinski definition) is 4. The Kier molecular flexibility index (Phi) is 7.08. The molecule has 0 spiro atoms. The summed E-state index contributed by atoms with van der Waals surface area (Å²) in [5, 5.41) is 2.69. The van der Waals surface area contributed by atoms with E-state index in [9.17, 15) is 4.79 Å². The lowest BCUT2D eigenvalue weighted by atomic mass is 10.6. The van der Waals surface area contributed by atoms with Gasteiger partial charge >= 0.3 is 5.97 Å². The zero-order valence-electron chi connectivity index (χ0n) is 7.05. The molecule has 0 aromatic heterocycles. The lowest BCUT2D eigenvalue weighted by Gasteiger charge is -2.03. The predicted molar refractivity (Wildman–Crippen MR) is 41.4 cm³/mol. The Hall–Kier alpha value is -0.610. The Morgan fingerprint density at radius 3 is 2.73 bits per heavy atom. The van der Waals surface area contributed by atoms with Crippen LogP contribution >= 0.6 is 0 Å². The van der Waals surface area contributed by atoms with E-state index >= 15 is 0 Å². The number of ether oxygens (including phenoxy) is 2. The number of carbonyl (C=O) groups excluding carboxylic acids is 1. The number of hydrogen-bond donors (Lipinski definition) is 1. The Labute approximate surface area is 66.9 Å². The van der Waals surface area contributed by atoms with Gasteiger partial charge in [0, 0.05) is 6.61 Å². The van der Waals surface area contributed by atoms with Crippen LogP contribution < -0.4 is 5.32 Å². The van der Waals surface area contributed by atoms with Crippen LogP contribution in [0.1, 0.15) is 6.92 Å². The minimum atomic E-state index is -0.243. The number of rotatable bonds is 6. The maximum Gasteiger partial charge on any atom is 0.319 e. The summed E-state index contributed by atoms with van der Waals surface area (Å²) in [6, 6.07) is 0. The van der Waals surface area contributed by atoms with E-state index in [1.807, 2.05) is 6.92 Å². The van der Waals surface area contributed by atoms with E-state index in [0.29, 0.717) is 19.8 Å². The van der Waals surface area contributed by atoms with Crippen molar-refractivity contribution in [3.63, 3.8) is 0 Å². The first-order chi connectivity index (χ1) is 5.31. The van der Waals surface area contributed by atoms with E-state index in [4.69, 9.17) is 9.47 Å². The molecule has 0 bridgehead atoms. The van der Waals surface area contributed by atoms with Crippen LogP contribution in [0.15, 0.2) is 0 Å². The minimum absolute atomic E-state index is 0.243. The van der Waals surface area contributed by atoms with E-state index in [1.54, 1.807) is 7.05 Å². The van der Waals surface area contributed by atoms with E-state index in [2.05, 4.69) is 5.32 Å². The molecule has 0 fully saturated rings. The molecule has 0 aliphatic carbocycles. The van der Waals surface area contributed by atoms with Crippen LogP contribution in [0.25, 0.3) is 0 Å². The molecule has 0 rings (SSSR count). The standard InChI is InChI=1S/C7H15NO3/c1-3-10-4-5-11-7(9)6-8-2/h8H,3-6H2,1-2H3. The summed E-state index contributed by atoms with van der Waals surface area (Å²) < 4.78 is 9.72. The van der Waals surface area contributed by atoms with Crippen LogP contribution in [0.2, 0.25) is 0 Å². The first-order valence-electron chi connectivity index (χ1n) is 3.69. The molecule has 0 aliphatic heterocycles. The maximum absolute atomic E-state index is 10.7. The number of esters is 1. The number of likely N-dealkylation sites (N-methyl/N-ethyl adjacent to an activating group) is 1. The molecule has 0 aromatic rings. The van der Waals surface area contributed by atoms with Gasteiger partial charge in [-0.25, -0.2) is 0 Å². The van der Waals surface area contributed by atoms with Crippen molar-refractivity contribution in [3.8, 4) is 0 Å². The predicted octanol–water partition coefficient (Wildman–Crippen LogP) is -0.215. The van der Waals surface area contributed by atoms with Crippen LogP contribution in [0, 0.1) is 0 Å². The topological polar surface area (TPSA) is 47.6 Å². The molecule has 1 N–H and O–H groups in total. The average Bonchev–Trinajstić information content (AvgIpc) is 1.99. The zero-order valence-corrected chi connectivity index (χ0v) is 7.05. The van der Waals surface area contributed by atoms with Gasteiger partial charge in [-0.15, -0.1) is 0 Å². The summed E-state index contributed by atoms with van der Waals surface area (Å²) in [4.78, 5) is 10.7. The molecule has 4 nitrogen and oxygen atoms in total. The van der Waals surface area contributed by atoms with Crippen molar-refractivity contribution in [2.75, 3.05) is 33.4 Å². The van der Waals surface area contributed by atoms with Crippen molar-refractivity contribution in [3.05, 3.63) is 0 Å². The lowest BCUT2D eigenvalue weighted by Crippen LogP contribution is -2.22. The molecule has 4 heteroatoms. The van der Waals surface area contributed by atoms with Crippen molar-refractivity contribution in [1.82, 2.24) is 5.32 Å². The van der Waals surface area contributed by atoms with Gasteiger partial charge in [-0.2, -0.15) is 0 Å². The normalized spacial score (nSPS) is 9.64. The van der Waals surface area contributed by atoms with Crippen molar-refractivity contribution in [2.45, 2.75) is 6.92 Å². The number of nitrogens with one attached hydrogen (secondary N) is 1. The third kappa shape index (κ3) is 7.29. The molecule has 0 unspecified atom stereocenters. The van der Waals surface area contributed by atoms with E-state index in [-0.39, 0.29) is 12.5 Å². The first kappa shape index (κ1) is 10.4. The highest BCUT2D eigenvalue weighted by atomic mass is 16.6. The third-order valence-electron chi connectivity index (χ3n) is 1.02. The number of carbonyl (C=O) groups is 1. The van der Waals surface area contributed by atoms with E-state index in [0.717, 1.165) is 0 Å². The van der Waals surface area contributed by atoms with Crippen LogP contribution in [-0.2, 0) is 14.3 Å². The van der Waals surface area contributed by atoms with Gasteiger partial charge in [0.1, 0.15) is 6.61 Å². The fourth-order valence-corrected chi connectivity index (χ4v) is 0.554. The van der Waals surface area contributed by atoms with Gasteiger partial charge in [0.2, 0.25) is 0 Å². The van der Waals surface area contributed by atoms with Crippen molar-refractivity contribution >= 4 is 5.97 Å². The lowest BCUT2D eigenvalue weighted by molar-refractivity contribution is -0.143. The van der Waals surface area contributed by atoms with Crippen LogP contribution in [0.5, 0.6) is 0 Å². The van der Waals surface area contributed by atoms with Crippen molar-refractivity contribution < 1.29 is 14.3 Å². The molecule has 0 aromatic carbocycles. The molecule has 0 atom stereocenters. The second kappa shape index (κ2) is 7.50. The Morgan fingerprint density at radius 1 is 1.45 bits per heavy atom. The molecule has 66 valence electrons. The highest BCUT2D eigenvalue weighted by molar-refractivity contribution is 5.71. The smallest absolute Gasteiger partial charge is 0.319 e. The summed E-state index contributed by atoms with van der Waals surface area (Å²) >= 11 is 0. The minimum Gasteiger partial charge on any atom is -0.462 e. The van der Waals surface area contributed by atoms with Gasteiger partial charge in [-0.05, 0) is 14.0 Å². The Balaban J connectivity index is 3.04. The SMILES string of the molecule is CCOCCOC(=O)CNC. The summed E-state index contributed by atoms with van der Waals surface area (Å²) in [5.74, 6) is -0.243. The largest absolute Gasteiger partial charge is 0.462 e. The van der Waals surface area contributed by atoms with Gasteiger partial charge in [0.15, 0.2) is 0 Å². The quantitative estimate of drug-likeness (QED) is 0.432. The van der Waals surface area contributed by atoms with Crippen molar-refractivity contribution in [2.24, 2.45) is 0 Å². The molecule has 0 saturated carbocycles. The highest BCUT2D eigenvalue weighted by Crippen LogP contribution is 1.78. The molecule has 0 radical (unpaired) electrons. The molecular formula is C7H15NO3. The summed E-state index contributed by atoms with van der Waals surface area (Å²) in [7, 11) is 1.70. The summed E-state index contributed by atoms with van der Waals surface area (Å²) in [6.07, 6.45) is 0. The molecule has 0 amide bonds. The van der Waals surface area contributed by atoms with Gasteiger partial charge in [0.25, 0.3) is 0 Å². The molecule has 0 saturated heterocycles. The molecule has 0 aliphatic rings. The first-order valence-corrected chi connectivity index (χ1v) is 3.69. The van der Waals surface area contributed by atoms with Gasteiger partial charge in [-0.3, -0.25) is 4.79 Å². The Bertz CT molecular complexity index is 106. The van der Waals surface area contributed by atoms with Crippen molar-refractivity contribution in [1.29, 1.82) is 0 Å². The molecular weight excluding hydrogens is 146 g/mol. The fourth-order valence-electron chi connectivity index (χ4n) is 0.554. The Morgan fingerprint density at radius 2 is 2.18 bits per heavy atom. The van der Waals surface area contributed by atoms with Gasteiger partial charge in [0.05, 0.1) is 13.2 Å². The summed E-state index contributed by atoms with van der Waals surface area (Å²) in [5.41, 5.74) is 0. The zero-order chi connectivity index (χ0) is 8.53. The third-order valence-corrected chi connectivity index (χ3v) is 1.02. The molecule has 11 heavy (non-hydrogen) atoms. The summed E-state index contributed by atoms with van der Waals surface area (Å²) in [6.45, 7) is 3.63. The monoisotopic (exact) mass is 161 g/mol. The van der Waals surface area contributed by atoms with Gasteiger partial charge in [-0.1, -0.05) is 0 Å². The fraction of sp³-hybridized carbons (Fsp3) is 0.857. The van der Waals surface area contributed by atoms with Gasteiger partial charge < -0.3 is 14.8 Å². The van der Waals surface area contributed by atoms with E-state index < -0.39 is 0 Å². The highest BCUT2D eigenvalue weighted by Gasteiger charge is 1.98. The van der Waals surface area contributed by atoms with Crippen LogP contribution in [-0.4, -0.2) is 39.4 Å². The van der Waals surface area contributed by atoms with Crippen LogP contribution in [0.3, 0.4) is 0 Å².